The van der Waals surface area contributed by atoms with Gasteiger partial charge in [-0.3, -0.25) is 24.0 Å². The molecule has 1 rings (SSSR count). The van der Waals surface area contributed by atoms with Crippen LogP contribution in [-0.4, -0.2) is 103 Å². The number of carbonyl (C=O) groups excluding carboxylic acids is 6. The maximum absolute atomic E-state index is 13.7. The number of nitrogens with one attached hydrogen (secondary N) is 5. The van der Waals surface area contributed by atoms with E-state index in [-0.39, 0.29) is 48.3 Å². The highest BCUT2D eigenvalue weighted by atomic mass is 16.7. The van der Waals surface area contributed by atoms with Crippen LogP contribution in [0.2, 0.25) is 0 Å². The van der Waals surface area contributed by atoms with Gasteiger partial charge in [-0.15, -0.1) is 4.73 Å². The van der Waals surface area contributed by atoms with Crippen molar-refractivity contribution in [2.75, 3.05) is 0 Å². The van der Waals surface area contributed by atoms with Crippen molar-refractivity contribution < 1.29 is 54.0 Å². The predicted octanol–water partition coefficient (Wildman–Crippen LogP) is 1.64. The third-order valence-corrected chi connectivity index (χ3v) is 9.30. The van der Waals surface area contributed by atoms with E-state index in [4.69, 9.17) is 4.84 Å². The minimum absolute atomic E-state index is 0.0305. The van der Waals surface area contributed by atoms with Gasteiger partial charge in [0, 0.05) is 18.6 Å². The Balaban J connectivity index is 3.00. The van der Waals surface area contributed by atoms with Crippen molar-refractivity contribution in [2.24, 2.45) is 29.6 Å². The second kappa shape index (κ2) is 23.6. The van der Waals surface area contributed by atoms with Crippen LogP contribution in [0.25, 0.3) is 0 Å². The third-order valence-electron chi connectivity index (χ3n) is 9.30. The van der Waals surface area contributed by atoms with Crippen LogP contribution < -0.4 is 31.4 Å². The lowest BCUT2D eigenvalue weighted by molar-refractivity contribution is -0.148. The van der Waals surface area contributed by atoms with E-state index in [9.17, 15) is 49.2 Å². The van der Waals surface area contributed by atoms with E-state index in [2.05, 4.69) is 26.6 Å². The van der Waals surface area contributed by atoms with Crippen LogP contribution in [0.1, 0.15) is 115 Å². The van der Waals surface area contributed by atoms with Crippen molar-refractivity contribution in [1.29, 1.82) is 0 Å². The first-order valence-corrected chi connectivity index (χ1v) is 19.6. The Bertz CT molecular complexity index is 1430. The smallest absolute Gasteiger partial charge is 0.335 e. The molecule has 0 radical (unpaired) electrons. The Kier molecular flexibility index (Phi) is 20.9. The van der Waals surface area contributed by atoms with E-state index in [1.807, 2.05) is 41.5 Å². The monoisotopic (exact) mass is 796 g/mol. The number of aromatic hydroxyl groups is 2. The first-order chi connectivity index (χ1) is 26.0. The average molecular weight is 797 g/mol. The summed E-state index contributed by atoms with van der Waals surface area (Å²) in [5.41, 5.74) is 0. The highest BCUT2D eigenvalue weighted by molar-refractivity contribution is 5.92. The zero-order valence-electron chi connectivity index (χ0n) is 34.9. The number of hydrogen-bond acceptors (Lipinski definition) is 11. The van der Waals surface area contributed by atoms with Crippen molar-refractivity contribution in [2.45, 2.75) is 157 Å². The zero-order chi connectivity index (χ0) is 43.0. The number of carbonyl (C=O) groups is 6. The number of hydrogen-bond donors (Lipinski definition) is 9. The quantitative estimate of drug-likeness (QED) is 0.0727. The summed E-state index contributed by atoms with van der Waals surface area (Å²) in [6, 6.07) is -2.65. The molecule has 1 aromatic rings. The Labute approximate surface area is 331 Å². The predicted molar refractivity (Wildman–Crippen MR) is 209 cm³/mol. The molecule has 1 aromatic heterocycles. The number of rotatable bonds is 24. The number of aliphatic hydroxyl groups is 2. The van der Waals surface area contributed by atoms with E-state index in [0.29, 0.717) is 11.2 Å². The molecule has 0 fully saturated rings. The van der Waals surface area contributed by atoms with Gasteiger partial charge in [0.05, 0.1) is 37.1 Å². The summed E-state index contributed by atoms with van der Waals surface area (Å²) in [6.07, 6.45) is -2.35. The number of amides is 5. The summed E-state index contributed by atoms with van der Waals surface area (Å²) >= 11 is 0. The van der Waals surface area contributed by atoms with Crippen molar-refractivity contribution in [3.8, 4) is 11.8 Å². The van der Waals surface area contributed by atoms with Gasteiger partial charge in [0.25, 0.3) is 0 Å². The van der Waals surface area contributed by atoms with Crippen molar-refractivity contribution >= 4 is 35.5 Å². The highest BCUT2D eigenvalue weighted by Crippen LogP contribution is 2.20. The van der Waals surface area contributed by atoms with Gasteiger partial charge < -0.3 is 51.8 Å². The molecule has 0 spiro atoms. The summed E-state index contributed by atoms with van der Waals surface area (Å²) in [7, 11) is 0. The Morgan fingerprint density at radius 3 is 1.57 bits per heavy atom. The Morgan fingerprint density at radius 2 is 1.07 bits per heavy atom. The lowest BCUT2D eigenvalue weighted by Gasteiger charge is -2.31. The second-order valence-electron chi connectivity index (χ2n) is 16.4. The standard InChI is InChI=1S/C39H68N6O11/c1-12-24(10)17-27(42-38(54)36(23(8)9)44-39(55)35(22(6)7)43-30(48)16-21(4)5)28(46)18-31(49)40-25(11)37(53)41-26(15-20(2)3)29(47)19-34(52)56-45-32(50)13-14-33(45)51/h13-14,20-29,35-36,46-47,50-51H,12,15-19H2,1-11H3,(H,40,49)(H,41,53)(H,42,54)(H,43,48)(H,44,55). The average Bonchev–Trinajstić information content (AvgIpc) is 3.39. The van der Waals surface area contributed by atoms with Crippen LogP contribution in [0, 0.1) is 29.6 Å². The minimum Gasteiger partial charge on any atom is -0.492 e. The number of aliphatic hydroxyl groups excluding tert-OH is 2. The molecule has 8 atom stereocenters. The van der Waals surface area contributed by atoms with E-state index in [1.54, 1.807) is 27.7 Å². The summed E-state index contributed by atoms with van der Waals surface area (Å²) in [5, 5.41) is 55.1. The first kappa shape index (κ1) is 49.6. The van der Waals surface area contributed by atoms with Gasteiger partial charge in [-0.25, -0.2) is 4.79 Å². The number of aromatic nitrogens is 1. The maximum Gasteiger partial charge on any atom is 0.335 e. The van der Waals surface area contributed by atoms with Crippen LogP contribution in [0.4, 0.5) is 0 Å². The Morgan fingerprint density at radius 1 is 0.607 bits per heavy atom. The molecule has 0 aliphatic heterocycles. The third kappa shape index (κ3) is 17.2. The molecule has 0 aliphatic rings. The summed E-state index contributed by atoms with van der Waals surface area (Å²) in [5.74, 6) is -5.32. The second-order valence-corrected chi connectivity index (χ2v) is 16.4. The van der Waals surface area contributed by atoms with Gasteiger partial charge in [0.2, 0.25) is 41.3 Å². The summed E-state index contributed by atoms with van der Waals surface area (Å²) < 4.78 is 0.483. The molecule has 5 amide bonds. The molecular weight excluding hydrogens is 728 g/mol. The molecular formula is C39H68N6O11. The van der Waals surface area contributed by atoms with Gasteiger partial charge in [0.15, 0.2) is 0 Å². The van der Waals surface area contributed by atoms with Crippen LogP contribution in [0.15, 0.2) is 12.1 Å². The van der Waals surface area contributed by atoms with E-state index in [1.165, 1.54) is 6.92 Å². The van der Waals surface area contributed by atoms with Gasteiger partial charge in [-0.2, -0.15) is 0 Å². The van der Waals surface area contributed by atoms with Crippen molar-refractivity contribution in [3.63, 3.8) is 0 Å². The maximum atomic E-state index is 13.7. The summed E-state index contributed by atoms with van der Waals surface area (Å²) in [4.78, 5) is 83.2. The largest absolute Gasteiger partial charge is 0.492 e. The molecule has 0 aromatic carbocycles. The zero-order valence-corrected chi connectivity index (χ0v) is 34.9. The molecule has 9 N–H and O–H groups in total. The SMILES string of the molecule is CCC(C)CC(NC(=O)C(NC(=O)C(NC(=O)CC(C)C)C(C)C)C(C)C)C(O)CC(=O)NC(C)C(=O)NC(CC(C)C)C(O)CC(=O)On1c(O)ccc1O. The molecule has 56 heavy (non-hydrogen) atoms. The van der Waals surface area contributed by atoms with Crippen LogP contribution in [0.5, 0.6) is 11.8 Å². The molecule has 8 unspecified atom stereocenters. The number of nitrogens with zero attached hydrogens (tertiary/aromatic N) is 1. The normalized spacial score (nSPS) is 15.9. The first-order valence-electron chi connectivity index (χ1n) is 19.6. The summed E-state index contributed by atoms with van der Waals surface area (Å²) in [6.45, 7) is 19.9. The van der Waals surface area contributed by atoms with Gasteiger partial charge >= 0.3 is 5.97 Å². The molecule has 17 heteroatoms. The van der Waals surface area contributed by atoms with Crippen LogP contribution in [-0.2, 0) is 28.8 Å². The molecule has 0 saturated heterocycles. The lowest BCUT2D eigenvalue weighted by Crippen LogP contribution is -2.59. The minimum atomic E-state index is -1.43. The van der Waals surface area contributed by atoms with E-state index >= 15 is 0 Å². The lowest BCUT2D eigenvalue weighted by atomic mass is 9.93. The van der Waals surface area contributed by atoms with Gasteiger partial charge in [-0.1, -0.05) is 75.7 Å². The fraction of sp³-hybridized carbons (Fsp3) is 0.744. The molecule has 0 saturated carbocycles. The van der Waals surface area contributed by atoms with Crippen LogP contribution >= 0.6 is 0 Å². The van der Waals surface area contributed by atoms with Crippen molar-refractivity contribution in [1.82, 2.24) is 31.3 Å². The highest BCUT2D eigenvalue weighted by Gasteiger charge is 2.34. The fourth-order valence-electron chi connectivity index (χ4n) is 5.87. The fourth-order valence-corrected chi connectivity index (χ4v) is 5.87. The molecule has 17 nitrogen and oxygen atoms in total. The van der Waals surface area contributed by atoms with Crippen molar-refractivity contribution in [3.05, 3.63) is 12.1 Å². The molecule has 0 aliphatic carbocycles. The topological polar surface area (TPSA) is 258 Å². The van der Waals surface area contributed by atoms with Gasteiger partial charge in [-0.05, 0) is 49.4 Å². The van der Waals surface area contributed by atoms with E-state index < -0.39 is 96.6 Å². The molecule has 1 heterocycles. The molecule has 0 bridgehead atoms. The Hall–Kier alpha value is -4.38. The van der Waals surface area contributed by atoms with Crippen LogP contribution in [0.3, 0.4) is 0 Å². The molecule has 320 valence electrons. The van der Waals surface area contributed by atoms with Gasteiger partial charge in [0.1, 0.15) is 18.1 Å². The van der Waals surface area contributed by atoms with E-state index in [0.717, 1.165) is 18.6 Å².